The highest BCUT2D eigenvalue weighted by atomic mass is 16.4. The fourth-order valence-corrected chi connectivity index (χ4v) is 4.03. The normalized spacial score (nSPS) is 11.4. The third-order valence-electron chi connectivity index (χ3n) is 5.76. The number of rotatable bonds is 15. The van der Waals surface area contributed by atoms with E-state index in [4.69, 9.17) is 0 Å². The van der Waals surface area contributed by atoms with Crippen LogP contribution >= 0.6 is 0 Å². The summed E-state index contributed by atoms with van der Waals surface area (Å²) in [6.45, 7) is 5.46. The van der Waals surface area contributed by atoms with Crippen LogP contribution in [0.2, 0.25) is 0 Å². The second-order valence-electron chi connectivity index (χ2n) is 8.15. The topological polar surface area (TPSA) is 42.2 Å². The van der Waals surface area contributed by atoms with Crippen molar-refractivity contribution < 1.29 is 9.90 Å². The molecule has 2 rings (SSSR count). The summed E-state index contributed by atoms with van der Waals surface area (Å²) in [6, 6.07) is 7.79. The highest BCUT2D eigenvalue weighted by Gasteiger charge is 2.11. The summed E-state index contributed by atoms with van der Waals surface area (Å²) in [6.07, 6.45) is 16.9. The van der Waals surface area contributed by atoms with Gasteiger partial charge in [0.25, 0.3) is 0 Å². The molecule has 0 spiro atoms. The molecule has 1 heterocycles. The maximum atomic E-state index is 11.3. The minimum Gasteiger partial charge on any atom is -0.478 e. The van der Waals surface area contributed by atoms with E-state index in [1.54, 1.807) is 6.07 Å². The first-order valence-electron chi connectivity index (χ1n) is 11.5. The Bertz CT molecular complexity index is 717. The van der Waals surface area contributed by atoms with E-state index in [2.05, 4.69) is 24.5 Å². The van der Waals surface area contributed by atoms with Crippen LogP contribution in [0.4, 0.5) is 0 Å². The van der Waals surface area contributed by atoms with Gasteiger partial charge in [-0.25, -0.2) is 4.79 Å². The van der Waals surface area contributed by atoms with Gasteiger partial charge in [-0.3, -0.25) is 0 Å². The SMILES string of the molecule is CCCCCCCCCCCCc1cc2ccc(C(=O)O)cc2n1CCCC. The van der Waals surface area contributed by atoms with Crippen molar-refractivity contribution in [3.05, 3.63) is 35.5 Å². The van der Waals surface area contributed by atoms with Gasteiger partial charge < -0.3 is 9.67 Å². The average molecular weight is 386 g/mol. The maximum absolute atomic E-state index is 11.3. The number of aryl methyl sites for hydroxylation is 2. The molecule has 3 heteroatoms. The van der Waals surface area contributed by atoms with Crippen LogP contribution in [0.25, 0.3) is 10.9 Å². The van der Waals surface area contributed by atoms with E-state index in [-0.39, 0.29) is 0 Å². The molecule has 3 nitrogen and oxygen atoms in total. The number of nitrogens with zero attached hydrogens (tertiary/aromatic N) is 1. The molecule has 0 amide bonds. The molecule has 1 N–H and O–H groups in total. The number of carboxylic acid groups (broad SMARTS) is 1. The van der Waals surface area contributed by atoms with Gasteiger partial charge in [-0.15, -0.1) is 0 Å². The summed E-state index contributed by atoms with van der Waals surface area (Å²) in [7, 11) is 0. The number of hydrogen-bond acceptors (Lipinski definition) is 1. The fourth-order valence-electron chi connectivity index (χ4n) is 4.03. The fraction of sp³-hybridized carbons (Fsp3) is 0.640. The Hall–Kier alpha value is -1.77. The van der Waals surface area contributed by atoms with Crippen molar-refractivity contribution in [1.29, 1.82) is 0 Å². The Morgan fingerprint density at radius 1 is 0.821 bits per heavy atom. The number of aromatic nitrogens is 1. The van der Waals surface area contributed by atoms with Crippen LogP contribution in [-0.4, -0.2) is 15.6 Å². The van der Waals surface area contributed by atoms with Gasteiger partial charge in [0, 0.05) is 17.8 Å². The van der Waals surface area contributed by atoms with E-state index in [1.807, 2.05) is 12.1 Å². The minimum atomic E-state index is -0.846. The summed E-state index contributed by atoms with van der Waals surface area (Å²) < 4.78 is 2.36. The molecule has 0 unspecified atom stereocenters. The van der Waals surface area contributed by atoms with Gasteiger partial charge in [0.05, 0.1) is 5.56 Å². The molecule has 0 saturated carbocycles. The Labute approximate surface area is 171 Å². The summed E-state index contributed by atoms with van der Waals surface area (Å²) in [5, 5.41) is 10.5. The highest BCUT2D eigenvalue weighted by Crippen LogP contribution is 2.24. The van der Waals surface area contributed by atoms with E-state index in [0.717, 1.165) is 31.3 Å². The van der Waals surface area contributed by atoms with E-state index in [9.17, 15) is 9.90 Å². The number of benzene rings is 1. The Balaban J connectivity index is 1.85. The molecule has 28 heavy (non-hydrogen) atoms. The molecule has 156 valence electrons. The second kappa shape index (κ2) is 12.6. The lowest BCUT2D eigenvalue weighted by Crippen LogP contribution is -2.04. The first-order chi connectivity index (χ1) is 13.7. The largest absolute Gasteiger partial charge is 0.478 e. The molecular weight excluding hydrogens is 346 g/mol. The summed E-state index contributed by atoms with van der Waals surface area (Å²) in [5.74, 6) is -0.846. The summed E-state index contributed by atoms with van der Waals surface area (Å²) in [4.78, 5) is 11.3. The Morgan fingerprint density at radius 2 is 1.43 bits per heavy atom. The highest BCUT2D eigenvalue weighted by molar-refractivity contribution is 5.93. The number of aromatic carboxylic acids is 1. The van der Waals surface area contributed by atoms with Crippen molar-refractivity contribution in [3.63, 3.8) is 0 Å². The number of carboxylic acids is 1. The van der Waals surface area contributed by atoms with Crippen molar-refractivity contribution in [1.82, 2.24) is 4.57 Å². The molecule has 0 aliphatic heterocycles. The van der Waals surface area contributed by atoms with Crippen molar-refractivity contribution in [2.24, 2.45) is 0 Å². The van der Waals surface area contributed by atoms with Crippen LogP contribution in [0.3, 0.4) is 0 Å². The van der Waals surface area contributed by atoms with Crippen LogP contribution < -0.4 is 0 Å². The summed E-state index contributed by atoms with van der Waals surface area (Å²) in [5.41, 5.74) is 2.83. The molecule has 1 aromatic carbocycles. The van der Waals surface area contributed by atoms with E-state index in [0.29, 0.717) is 5.56 Å². The molecule has 1 aromatic heterocycles. The van der Waals surface area contributed by atoms with Crippen LogP contribution in [-0.2, 0) is 13.0 Å². The third-order valence-corrected chi connectivity index (χ3v) is 5.76. The van der Waals surface area contributed by atoms with E-state index < -0.39 is 5.97 Å². The van der Waals surface area contributed by atoms with Crippen LogP contribution in [0.1, 0.15) is 107 Å². The molecule has 0 saturated heterocycles. The maximum Gasteiger partial charge on any atom is 0.335 e. The first-order valence-corrected chi connectivity index (χ1v) is 11.5. The number of fused-ring (bicyclic) bond motifs is 1. The lowest BCUT2D eigenvalue weighted by atomic mass is 10.1. The quantitative estimate of drug-likeness (QED) is 0.321. The number of hydrogen-bond donors (Lipinski definition) is 1. The standard InChI is InChI=1S/C25H39NO2/c1-3-5-7-8-9-10-11-12-13-14-15-23-19-21-16-17-22(25(27)28)20-24(21)26(23)18-6-4-2/h16-17,19-20H,3-15,18H2,1-2H3,(H,27,28). The van der Waals surface area contributed by atoms with Crippen molar-refractivity contribution in [2.75, 3.05) is 0 Å². The zero-order chi connectivity index (χ0) is 20.2. The van der Waals surface area contributed by atoms with Gasteiger partial charge in [0.15, 0.2) is 0 Å². The average Bonchev–Trinajstić information content (AvgIpc) is 3.04. The second-order valence-corrected chi connectivity index (χ2v) is 8.15. The van der Waals surface area contributed by atoms with Crippen LogP contribution in [0.5, 0.6) is 0 Å². The molecule has 0 radical (unpaired) electrons. The molecule has 0 aliphatic rings. The smallest absolute Gasteiger partial charge is 0.335 e. The zero-order valence-corrected chi connectivity index (χ0v) is 18.0. The zero-order valence-electron chi connectivity index (χ0n) is 18.0. The summed E-state index contributed by atoms with van der Waals surface area (Å²) >= 11 is 0. The molecule has 2 aromatic rings. The molecule has 0 atom stereocenters. The first kappa shape index (κ1) is 22.5. The van der Waals surface area contributed by atoms with Crippen molar-refractivity contribution in [2.45, 2.75) is 104 Å². The number of carbonyl (C=O) groups is 1. The lowest BCUT2D eigenvalue weighted by molar-refractivity contribution is 0.0697. The van der Waals surface area contributed by atoms with Gasteiger partial charge in [-0.05, 0) is 42.8 Å². The van der Waals surface area contributed by atoms with Gasteiger partial charge in [0.2, 0.25) is 0 Å². The van der Waals surface area contributed by atoms with Crippen molar-refractivity contribution >= 4 is 16.9 Å². The molecular formula is C25H39NO2. The van der Waals surface area contributed by atoms with Crippen LogP contribution in [0.15, 0.2) is 24.3 Å². The van der Waals surface area contributed by atoms with Gasteiger partial charge >= 0.3 is 5.97 Å². The number of unbranched alkanes of at least 4 members (excludes halogenated alkanes) is 10. The molecule has 0 fully saturated rings. The van der Waals surface area contributed by atoms with Crippen molar-refractivity contribution in [3.8, 4) is 0 Å². The van der Waals surface area contributed by atoms with Gasteiger partial charge in [0.1, 0.15) is 0 Å². The molecule has 0 bridgehead atoms. The van der Waals surface area contributed by atoms with Gasteiger partial charge in [-0.1, -0.05) is 84.1 Å². The lowest BCUT2D eigenvalue weighted by Gasteiger charge is -2.11. The Kier molecular flexibility index (Phi) is 10.2. The third kappa shape index (κ3) is 7.00. The van der Waals surface area contributed by atoms with E-state index >= 15 is 0 Å². The van der Waals surface area contributed by atoms with E-state index in [1.165, 1.54) is 75.3 Å². The Morgan fingerprint density at radius 3 is 2.04 bits per heavy atom. The molecule has 0 aliphatic carbocycles. The minimum absolute atomic E-state index is 0.383. The van der Waals surface area contributed by atoms with Gasteiger partial charge in [-0.2, -0.15) is 0 Å². The predicted octanol–water partition coefficient (Wildman–Crippen LogP) is 7.60. The van der Waals surface area contributed by atoms with Crippen LogP contribution in [0, 0.1) is 0 Å². The predicted molar refractivity (Wildman–Crippen MR) is 119 cm³/mol. The monoisotopic (exact) mass is 385 g/mol.